The SMILES string of the molecule is C[C@@H](C(=O)Nc1cc(OCc2ccccc2)ncn1)n1nc(C2CC2)ccc1=O. The van der Waals surface area contributed by atoms with E-state index in [1.165, 1.54) is 17.1 Å². The highest BCUT2D eigenvalue weighted by atomic mass is 16.5. The van der Waals surface area contributed by atoms with Crippen LogP contribution >= 0.6 is 0 Å². The Morgan fingerprint density at radius 2 is 2.00 bits per heavy atom. The van der Waals surface area contributed by atoms with Crippen LogP contribution in [0.3, 0.4) is 0 Å². The summed E-state index contributed by atoms with van der Waals surface area (Å²) in [6.07, 6.45) is 3.45. The number of benzene rings is 1. The highest BCUT2D eigenvalue weighted by Gasteiger charge is 2.27. The number of hydrogen-bond acceptors (Lipinski definition) is 6. The smallest absolute Gasteiger partial charge is 0.267 e. The summed E-state index contributed by atoms with van der Waals surface area (Å²) in [5.74, 6) is 0.646. The Hall–Kier alpha value is -3.55. The van der Waals surface area contributed by atoms with E-state index in [1.54, 1.807) is 19.1 Å². The van der Waals surface area contributed by atoms with E-state index in [9.17, 15) is 9.59 Å². The zero-order chi connectivity index (χ0) is 20.2. The lowest BCUT2D eigenvalue weighted by atomic mass is 10.2. The second kappa shape index (κ2) is 8.22. The molecule has 0 aliphatic heterocycles. The molecule has 4 rings (SSSR count). The number of carbonyl (C=O) groups excluding carboxylic acids is 1. The van der Waals surface area contributed by atoms with Crippen LogP contribution in [0.1, 0.15) is 43.0 Å². The van der Waals surface area contributed by atoms with Crippen molar-refractivity contribution in [2.24, 2.45) is 0 Å². The zero-order valence-electron chi connectivity index (χ0n) is 16.0. The summed E-state index contributed by atoms with van der Waals surface area (Å²) in [5, 5.41) is 7.06. The number of carbonyl (C=O) groups is 1. The van der Waals surface area contributed by atoms with Crippen LogP contribution < -0.4 is 15.6 Å². The largest absolute Gasteiger partial charge is 0.473 e. The van der Waals surface area contributed by atoms with Crippen molar-refractivity contribution in [1.29, 1.82) is 0 Å². The number of hydrogen-bond donors (Lipinski definition) is 1. The Labute approximate surface area is 167 Å². The molecule has 1 N–H and O–H groups in total. The van der Waals surface area contributed by atoms with Gasteiger partial charge in [0, 0.05) is 18.1 Å². The summed E-state index contributed by atoms with van der Waals surface area (Å²) in [5.41, 5.74) is 1.54. The molecule has 1 aliphatic carbocycles. The lowest BCUT2D eigenvalue weighted by molar-refractivity contribution is -0.119. The molecule has 2 aromatic heterocycles. The van der Waals surface area contributed by atoms with E-state index in [0.717, 1.165) is 24.1 Å². The van der Waals surface area contributed by atoms with Gasteiger partial charge in [0.1, 0.15) is 24.8 Å². The summed E-state index contributed by atoms with van der Waals surface area (Å²) in [6.45, 7) is 1.99. The molecule has 0 spiro atoms. The van der Waals surface area contributed by atoms with Gasteiger partial charge in [0.15, 0.2) is 0 Å². The molecule has 29 heavy (non-hydrogen) atoms. The molecule has 0 bridgehead atoms. The molecule has 3 aromatic rings. The predicted molar refractivity (Wildman–Crippen MR) is 107 cm³/mol. The third-order valence-corrected chi connectivity index (χ3v) is 4.71. The molecule has 1 atom stereocenters. The van der Waals surface area contributed by atoms with Crippen LogP contribution in [0.4, 0.5) is 5.82 Å². The molecule has 1 aromatic carbocycles. The predicted octanol–water partition coefficient (Wildman–Crippen LogP) is 2.69. The fourth-order valence-corrected chi connectivity index (χ4v) is 2.87. The van der Waals surface area contributed by atoms with E-state index in [4.69, 9.17) is 4.74 Å². The molecule has 8 heteroatoms. The Morgan fingerprint density at radius 3 is 2.76 bits per heavy atom. The summed E-state index contributed by atoms with van der Waals surface area (Å²) in [4.78, 5) is 32.9. The number of nitrogens with one attached hydrogen (secondary N) is 1. The molecule has 1 saturated carbocycles. The van der Waals surface area contributed by atoms with Crippen molar-refractivity contribution in [2.75, 3.05) is 5.32 Å². The van der Waals surface area contributed by atoms with Crippen LogP contribution in [0.25, 0.3) is 0 Å². The second-order valence-corrected chi connectivity index (χ2v) is 7.00. The van der Waals surface area contributed by atoms with Gasteiger partial charge >= 0.3 is 0 Å². The molecular weight excluding hydrogens is 370 g/mol. The van der Waals surface area contributed by atoms with Gasteiger partial charge in [-0.05, 0) is 31.4 Å². The lowest BCUT2D eigenvalue weighted by Gasteiger charge is -2.14. The highest BCUT2D eigenvalue weighted by Crippen LogP contribution is 2.38. The van der Waals surface area contributed by atoms with Crippen molar-refractivity contribution in [3.8, 4) is 5.88 Å². The maximum atomic E-state index is 12.6. The number of anilines is 1. The number of amides is 1. The number of nitrogens with zero attached hydrogens (tertiary/aromatic N) is 4. The van der Waals surface area contributed by atoms with E-state index < -0.39 is 6.04 Å². The molecule has 1 aliphatic rings. The van der Waals surface area contributed by atoms with Crippen molar-refractivity contribution in [2.45, 2.75) is 38.3 Å². The Balaban J connectivity index is 1.43. The van der Waals surface area contributed by atoms with Gasteiger partial charge < -0.3 is 10.1 Å². The summed E-state index contributed by atoms with van der Waals surface area (Å²) >= 11 is 0. The van der Waals surface area contributed by atoms with Gasteiger partial charge in [-0.25, -0.2) is 14.6 Å². The van der Waals surface area contributed by atoms with Crippen molar-refractivity contribution in [1.82, 2.24) is 19.7 Å². The first kappa shape index (κ1) is 18.8. The molecule has 8 nitrogen and oxygen atoms in total. The monoisotopic (exact) mass is 391 g/mol. The van der Waals surface area contributed by atoms with Crippen LogP contribution in [0.5, 0.6) is 5.88 Å². The number of rotatable bonds is 7. The average Bonchev–Trinajstić information content (AvgIpc) is 3.58. The summed E-state index contributed by atoms with van der Waals surface area (Å²) < 4.78 is 6.88. The molecule has 2 heterocycles. The van der Waals surface area contributed by atoms with E-state index in [2.05, 4.69) is 20.4 Å². The van der Waals surface area contributed by atoms with E-state index >= 15 is 0 Å². The van der Waals surface area contributed by atoms with Gasteiger partial charge in [0.05, 0.1) is 5.69 Å². The molecule has 148 valence electrons. The first-order chi connectivity index (χ1) is 14.1. The van der Waals surface area contributed by atoms with Crippen LogP contribution in [0.15, 0.2) is 59.7 Å². The molecule has 1 amide bonds. The summed E-state index contributed by atoms with van der Waals surface area (Å²) in [7, 11) is 0. The van der Waals surface area contributed by atoms with Crippen molar-refractivity contribution < 1.29 is 9.53 Å². The standard InChI is InChI=1S/C21H21N5O3/c1-14(26-20(27)10-9-17(25-26)16-7-8-16)21(28)24-18-11-19(23-13-22-18)29-12-15-5-3-2-4-6-15/h2-6,9-11,13-14,16H,7-8,12H2,1H3,(H,22,23,24,28)/t14-/m0/s1. The minimum Gasteiger partial charge on any atom is -0.473 e. The van der Waals surface area contributed by atoms with E-state index in [1.807, 2.05) is 30.3 Å². The molecular formula is C21H21N5O3. The van der Waals surface area contributed by atoms with Gasteiger partial charge in [-0.1, -0.05) is 30.3 Å². The van der Waals surface area contributed by atoms with Crippen LogP contribution in [0.2, 0.25) is 0 Å². The minimum absolute atomic E-state index is 0.298. The lowest BCUT2D eigenvalue weighted by Crippen LogP contribution is -2.33. The fraction of sp³-hybridized carbons (Fsp3) is 0.286. The first-order valence-corrected chi connectivity index (χ1v) is 9.49. The molecule has 0 unspecified atom stereocenters. The summed E-state index contributed by atoms with van der Waals surface area (Å²) in [6, 6.07) is 13.7. The highest BCUT2D eigenvalue weighted by molar-refractivity contribution is 5.92. The van der Waals surface area contributed by atoms with Crippen LogP contribution in [-0.4, -0.2) is 25.7 Å². The van der Waals surface area contributed by atoms with Crippen molar-refractivity contribution in [3.05, 3.63) is 76.5 Å². The van der Waals surface area contributed by atoms with Crippen molar-refractivity contribution >= 4 is 11.7 Å². The molecule has 1 fully saturated rings. The Kier molecular flexibility index (Phi) is 5.33. The van der Waals surface area contributed by atoms with Gasteiger partial charge in [0.25, 0.3) is 5.56 Å². The second-order valence-electron chi connectivity index (χ2n) is 7.00. The zero-order valence-corrected chi connectivity index (χ0v) is 16.0. The first-order valence-electron chi connectivity index (χ1n) is 9.49. The van der Waals surface area contributed by atoms with Gasteiger partial charge in [0.2, 0.25) is 11.8 Å². The fourth-order valence-electron chi connectivity index (χ4n) is 2.87. The number of ether oxygens (including phenoxy) is 1. The van der Waals surface area contributed by atoms with Crippen LogP contribution in [0, 0.1) is 0 Å². The Bertz CT molecular complexity index is 1060. The Morgan fingerprint density at radius 1 is 1.21 bits per heavy atom. The normalized spacial score (nSPS) is 14.2. The van der Waals surface area contributed by atoms with Crippen LogP contribution in [-0.2, 0) is 11.4 Å². The van der Waals surface area contributed by atoms with Gasteiger partial charge in [-0.2, -0.15) is 5.10 Å². The third kappa shape index (κ3) is 4.66. The molecule has 0 radical (unpaired) electrons. The third-order valence-electron chi connectivity index (χ3n) is 4.71. The quantitative estimate of drug-likeness (QED) is 0.665. The minimum atomic E-state index is -0.773. The average molecular weight is 391 g/mol. The molecule has 0 saturated heterocycles. The van der Waals surface area contributed by atoms with Crippen molar-refractivity contribution in [3.63, 3.8) is 0 Å². The van der Waals surface area contributed by atoms with E-state index in [0.29, 0.717) is 24.2 Å². The van der Waals surface area contributed by atoms with Gasteiger partial charge in [-0.15, -0.1) is 0 Å². The number of aromatic nitrogens is 4. The maximum Gasteiger partial charge on any atom is 0.267 e. The van der Waals surface area contributed by atoms with Gasteiger partial charge in [-0.3, -0.25) is 9.59 Å². The maximum absolute atomic E-state index is 12.6. The van der Waals surface area contributed by atoms with E-state index in [-0.39, 0.29) is 11.5 Å². The topological polar surface area (TPSA) is 99.0 Å².